The highest BCUT2D eigenvalue weighted by molar-refractivity contribution is 5.80. The minimum absolute atomic E-state index is 0.0821. The van der Waals surface area contributed by atoms with Gasteiger partial charge < -0.3 is 9.72 Å². The predicted molar refractivity (Wildman–Crippen MR) is 148 cm³/mol. The van der Waals surface area contributed by atoms with Gasteiger partial charge in [-0.1, -0.05) is 67.6 Å². The monoisotopic (exact) mass is 508 g/mol. The Labute approximate surface area is 221 Å². The zero-order valence-corrected chi connectivity index (χ0v) is 21.7. The number of ether oxygens (including phenoxy) is 1. The second-order valence-corrected chi connectivity index (χ2v) is 9.39. The van der Waals surface area contributed by atoms with Crippen LogP contribution in [0.15, 0.2) is 89.7 Å². The number of aryl methyl sites for hydroxylation is 2. The Morgan fingerprint density at radius 3 is 2.39 bits per heavy atom. The highest BCUT2D eigenvalue weighted by Crippen LogP contribution is 2.27. The molecular weight excluding hydrogens is 476 g/mol. The van der Waals surface area contributed by atoms with Crippen LogP contribution in [0.3, 0.4) is 0 Å². The van der Waals surface area contributed by atoms with Crippen LogP contribution in [-0.4, -0.2) is 37.2 Å². The smallest absolute Gasteiger partial charge is 0.252 e. The molecule has 2 aromatic heterocycles. The number of fused-ring (bicyclic) bond motifs is 1. The molecule has 0 aliphatic rings. The number of hydrogen-bond acceptors (Lipinski definition) is 6. The summed E-state index contributed by atoms with van der Waals surface area (Å²) in [6.45, 7) is 3.91. The predicted octanol–water partition coefficient (Wildman–Crippen LogP) is 4.92. The maximum atomic E-state index is 13.1. The van der Waals surface area contributed by atoms with E-state index in [0.29, 0.717) is 25.2 Å². The zero-order valence-electron chi connectivity index (χ0n) is 21.7. The summed E-state index contributed by atoms with van der Waals surface area (Å²) < 4.78 is 7.30. The lowest BCUT2D eigenvalue weighted by Crippen LogP contribution is -2.32. The van der Waals surface area contributed by atoms with Gasteiger partial charge in [-0.2, -0.15) is 0 Å². The maximum Gasteiger partial charge on any atom is 0.252 e. The number of benzene rings is 3. The molecule has 0 saturated carbocycles. The molecule has 1 N–H and O–H groups in total. The average Bonchev–Trinajstić information content (AvgIpc) is 3.41. The van der Waals surface area contributed by atoms with E-state index >= 15 is 0 Å². The summed E-state index contributed by atoms with van der Waals surface area (Å²) in [5, 5.41) is 13.7. The van der Waals surface area contributed by atoms with Crippen LogP contribution in [0.5, 0.6) is 5.75 Å². The largest absolute Gasteiger partial charge is 0.497 e. The zero-order chi connectivity index (χ0) is 26.3. The summed E-state index contributed by atoms with van der Waals surface area (Å²) in [6.07, 6.45) is 1.62. The van der Waals surface area contributed by atoms with Crippen LogP contribution in [0, 0.1) is 0 Å². The van der Waals surface area contributed by atoms with Crippen molar-refractivity contribution in [3.05, 3.63) is 118 Å². The fourth-order valence-corrected chi connectivity index (χ4v) is 4.88. The van der Waals surface area contributed by atoms with Gasteiger partial charge in [-0.05, 0) is 58.7 Å². The Hall–Kier alpha value is -4.30. The third kappa shape index (κ3) is 5.81. The molecule has 194 valence electrons. The number of rotatable bonds is 11. The molecule has 0 amide bonds. The molecule has 0 spiro atoms. The molecule has 38 heavy (non-hydrogen) atoms. The number of aromatic nitrogens is 5. The van der Waals surface area contributed by atoms with Crippen LogP contribution in [0.1, 0.15) is 41.9 Å². The van der Waals surface area contributed by atoms with E-state index in [0.717, 1.165) is 40.9 Å². The fourth-order valence-electron chi connectivity index (χ4n) is 4.88. The molecule has 3 aromatic carbocycles. The number of pyridine rings is 1. The van der Waals surface area contributed by atoms with Gasteiger partial charge >= 0.3 is 0 Å². The van der Waals surface area contributed by atoms with Gasteiger partial charge in [-0.25, -0.2) is 4.68 Å². The lowest BCUT2D eigenvalue weighted by atomic mass is 10.1. The SMILES string of the molecule is CC[C@H](c1nnnn1CCc1ccccc1)N(Cc1ccccc1)Cc1cc2cc(OC)ccc2[nH]c1=O. The number of methoxy groups -OCH3 is 1. The van der Waals surface area contributed by atoms with Gasteiger partial charge in [0.15, 0.2) is 5.82 Å². The molecule has 0 bridgehead atoms. The lowest BCUT2D eigenvalue weighted by molar-refractivity contribution is 0.160. The van der Waals surface area contributed by atoms with Gasteiger partial charge in [0.1, 0.15) is 5.75 Å². The van der Waals surface area contributed by atoms with Crippen LogP contribution in [0.25, 0.3) is 10.9 Å². The van der Waals surface area contributed by atoms with E-state index < -0.39 is 0 Å². The van der Waals surface area contributed by atoms with Crippen molar-refractivity contribution in [2.24, 2.45) is 0 Å². The lowest BCUT2D eigenvalue weighted by Gasteiger charge is -2.30. The Morgan fingerprint density at radius 1 is 0.947 bits per heavy atom. The van der Waals surface area contributed by atoms with Crippen molar-refractivity contribution in [3.63, 3.8) is 0 Å². The van der Waals surface area contributed by atoms with Gasteiger partial charge in [-0.15, -0.1) is 5.10 Å². The van der Waals surface area contributed by atoms with E-state index in [1.54, 1.807) is 7.11 Å². The minimum Gasteiger partial charge on any atom is -0.497 e. The van der Waals surface area contributed by atoms with Crippen molar-refractivity contribution in [1.82, 2.24) is 30.1 Å². The number of hydrogen-bond donors (Lipinski definition) is 1. The molecule has 0 saturated heterocycles. The second-order valence-electron chi connectivity index (χ2n) is 9.39. The van der Waals surface area contributed by atoms with Crippen LogP contribution >= 0.6 is 0 Å². The molecule has 5 rings (SSSR count). The maximum absolute atomic E-state index is 13.1. The third-order valence-corrected chi connectivity index (χ3v) is 6.87. The van der Waals surface area contributed by atoms with Crippen LogP contribution in [-0.2, 0) is 26.1 Å². The quantitative estimate of drug-likeness (QED) is 0.272. The second kappa shape index (κ2) is 11.8. The number of H-pyrrole nitrogens is 1. The highest BCUT2D eigenvalue weighted by Gasteiger charge is 2.26. The molecule has 0 radical (unpaired) electrons. The topological polar surface area (TPSA) is 88.9 Å². The Kier molecular flexibility index (Phi) is 7.89. The number of aromatic amines is 1. The van der Waals surface area contributed by atoms with E-state index in [2.05, 4.69) is 56.6 Å². The van der Waals surface area contributed by atoms with Crippen molar-refractivity contribution < 1.29 is 4.74 Å². The first-order valence-corrected chi connectivity index (χ1v) is 12.9. The standard InChI is InChI=1S/C30H32N6O2/c1-3-28(29-32-33-34-36(29)17-16-22-10-6-4-7-11-22)35(20-23-12-8-5-9-13-23)21-25-18-24-19-26(38-2)14-15-27(24)31-30(25)37/h4-15,18-19,28H,3,16-17,20-21H2,1-2H3,(H,31,37)/t28-/m1/s1. The van der Waals surface area contributed by atoms with Crippen molar-refractivity contribution in [2.45, 2.75) is 45.4 Å². The number of tetrazole rings is 1. The van der Waals surface area contributed by atoms with Crippen molar-refractivity contribution >= 4 is 10.9 Å². The van der Waals surface area contributed by atoms with Gasteiger partial charge in [-0.3, -0.25) is 9.69 Å². The van der Waals surface area contributed by atoms with E-state index in [1.165, 1.54) is 5.56 Å². The van der Waals surface area contributed by atoms with Crippen LogP contribution < -0.4 is 10.3 Å². The Balaban J connectivity index is 1.48. The number of nitrogens with one attached hydrogen (secondary N) is 1. The van der Waals surface area contributed by atoms with E-state index in [-0.39, 0.29) is 11.6 Å². The highest BCUT2D eigenvalue weighted by atomic mass is 16.5. The van der Waals surface area contributed by atoms with Gasteiger partial charge in [0.2, 0.25) is 0 Å². The Bertz CT molecular complexity index is 1530. The molecule has 8 heteroatoms. The van der Waals surface area contributed by atoms with Crippen molar-refractivity contribution in [3.8, 4) is 5.75 Å². The minimum atomic E-state index is -0.0979. The normalized spacial score (nSPS) is 12.2. The third-order valence-electron chi connectivity index (χ3n) is 6.87. The van der Waals surface area contributed by atoms with E-state index in [4.69, 9.17) is 4.74 Å². The molecule has 2 heterocycles. The van der Waals surface area contributed by atoms with Crippen molar-refractivity contribution in [1.29, 1.82) is 0 Å². The van der Waals surface area contributed by atoms with E-state index in [1.807, 2.05) is 65.3 Å². The summed E-state index contributed by atoms with van der Waals surface area (Å²) in [5.41, 5.74) is 3.77. The first-order valence-electron chi connectivity index (χ1n) is 12.9. The fraction of sp³-hybridized carbons (Fsp3) is 0.267. The molecule has 0 fully saturated rings. The van der Waals surface area contributed by atoms with Crippen LogP contribution in [0.4, 0.5) is 0 Å². The first kappa shape index (κ1) is 25.4. The average molecular weight is 509 g/mol. The van der Waals surface area contributed by atoms with Gasteiger partial charge in [0.25, 0.3) is 5.56 Å². The molecule has 5 aromatic rings. The molecular formula is C30H32N6O2. The number of nitrogens with zero attached hydrogens (tertiary/aromatic N) is 5. The van der Waals surface area contributed by atoms with Crippen molar-refractivity contribution in [2.75, 3.05) is 7.11 Å². The van der Waals surface area contributed by atoms with Gasteiger partial charge in [0.05, 0.1) is 13.2 Å². The van der Waals surface area contributed by atoms with Crippen LogP contribution in [0.2, 0.25) is 0 Å². The summed E-state index contributed by atoms with van der Waals surface area (Å²) in [6, 6.07) is 28.2. The summed E-state index contributed by atoms with van der Waals surface area (Å²) in [4.78, 5) is 18.5. The molecule has 8 nitrogen and oxygen atoms in total. The summed E-state index contributed by atoms with van der Waals surface area (Å²) >= 11 is 0. The Morgan fingerprint density at radius 2 is 1.68 bits per heavy atom. The molecule has 0 aliphatic carbocycles. The molecule has 1 atom stereocenters. The first-order chi connectivity index (χ1) is 18.6. The van der Waals surface area contributed by atoms with Gasteiger partial charge in [0, 0.05) is 36.1 Å². The molecule has 0 aliphatic heterocycles. The summed E-state index contributed by atoms with van der Waals surface area (Å²) in [5.74, 6) is 1.55. The van der Waals surface area contributed by atoms with E-state index in [9.17, 15) is 4.79 Å². The summed E-state index contributed by atoms with van der Waals surface area (Å²) in [7, 11) is 1.64. The molecule has 0 unspecified atom stereocenters.